The van der Waals surface area contributed by atoms with Gasteiger partial charge in [-0.25, -0.2) is 9.97 Å². The molecule has 1 N–H and O–H groups in total. The molecule has 0 spiro atoms. The molecule has 110 valence electrons. The summed E-state index contributed by atoms with van der Waals surface area (Å²) in [5.41, 5.74) is 1.19. The lowest BCUT2D eigenvalue weighted by Gasteiger charge is -2.29. The van der Waals surface area contributed by atoms with E-state index in [1.165, 1.54) is 31.4 Å². The predicted octanol–water partition coefficient (Wildman–Crippen LogP) is 2.18. The number of ether oxygens (including phenoxy) is 1. The summed E-state index contributed by atoms with van der Waals surface area (Å²) >= 11 is 0. The molecule has 1 unspecified atom stereocenters. The van der Waals surface area contributed by atoms with Gasteiger partial charge in [0.15, 0.2) is 5.82 Å². The van der Waals surface area contributed by atoms with Crippen LogP contribution in [0.15, 0.2) is 6.07 Å². The first kappa shape index (κ1) is 13.8. The van der Waals surface area contributed by atoms with E-state index in [0.29, 0.717) is 5.92 Å². The van der Waals surface area contributed by atoms with Gasteiger partial charge in [-0.2, -0.15) is 0 Å². The van der Waals surface area contributed by atoms with Crippen molar-refractivity contribution in [2.75, 3.05) is 39.1 Å². The quantitative estimate of drug-likeness (QED) is 0.917. The van der Waals surface area contributed by atoms with Crippen molar-refractivity contribution in [3.63, 3.8) is 0 Å². The molecule has 1 saturated heterocycles. The summed E-state index contributed by atoms with van der Waals surface area (Å²) in [7, 11) is 4.04. The van der Waals surface area contributed by atoms with Crippen molar-refractivity contribution < 1.29 is 4.74 Å². The van der Waals surface area contributed by atoms with Crippen LogP contribution in [0.5, 0.6) is 0 Å². The van der Waals surface area contributed by atoms with Gasteiger partial charge in [0.25, 0.3) is 0 Å². The summed E-state index contributed by atoms with van der Waals surface area (Å²) < 4.78 is 5.86. The van der Waals surface area contributed by atoms with Crippen LogP contribution >= 0.6 is 0 Å². The van der Waals surface area contributed by atoms with Crippen LogP contribution in [-0.4, -0.2) is 48.7 Å². The van der Waals surface area contributed by atoms with E-state index in [1.807, 2.05) is 7.05 Å². The Morgan fingerprint density at radius 2 is 2.10 bits per heavy atom. The molecule has 5 heteroatoms. The van der Waals surface area contributed by atoms with Gasteiger partial charge in [0.05, 0.1) is 6.61 Å². The molecule has 3 rings (SSSR count). The Hall–Kier alpha value is -1.20. The van der Waals surface area contributed by atoms with Gasteiger partial charge in [-0.1, -0.05) is 12.8 Å². The Balaban J connectivity index is 1.87. The van der Waals surface area contributed by atoms with Crippen molar-refractivity contribution in [3.05, 3.63) is 17.6 Å². The highest BCUT2D eigenvalue weighted by Gasteiger charge is 2.25. The lowest BCUT2D eigenvalue weighted by Crippen LogP contribution is -2.36. The van der Waals surface area contributed by atoms with Crippen molar-refractivity contribution in [2.24, 2.45) is 0 Å². The van der Waals surface area contributed by atoms with Crippen molar-refractivity contribution in [1.82, 2.24) is 14.9 Å². The molecule has 1 aromatic rings. The van der Waals surface area contributed by atoms with Crippen molar-refractivity contribution in [3.8, 4) is 0 Å². The topological polar surface area (TPSA) is 50.3 Å². The maximum absolute atomic E-state index is 5.86. The fourth-order valence-electron chi connectivity index (χ4n) is 3.12. The normalized spacial score (nSPS) is 25.0. The van der Waals surface area contributed by atoms with Crippen LogP contribution in [-0.2, 0) is 4.74 Å². The minimum atomic E-state index is 0.00204. The third-order valence-electron chi connectivity index (χ3n) is 4.35. The number of hydrogen-bond donors (Lipinski definition) is 1. The van der Waals surface area contributed by atoms with Gasteiger partial charge in [0, 0.05) is 37.8 Å². The number of nitrogens with zero attached hydrogens (tertiary/aromatic N) is 3. The number of aromatic nitrogens is 2. The van der Waals surface area contributed by atoms with Gasteiger partial charge >= 0.3 is 0 Å². The summed E-state index contributed by atoms with van der Waals surface area (Å²) in [6.45, 7) is 2.61. The zero-order valence-electron chi connectivity index (χ0n) is 12.4. The van der Waals surface area contributed by atoms with Gasteiger partial charge in [-0.15, -0.1) is 0 Å². The molecule has 5 nitrogen and oxygen atoms in total. The molecule has 20 heavy (non-hydrogen) atoms. The monoisotopic (exact) mass is 276 g/mol. The fourth-order valence-corrected chi connectivity index (χ4v) is 3.12. The molecule has 1 atom stereocenters. The van der Waals surface area contributed by atoms with Crippen LogP contribution in [0.25, 0.3) is 0 Å². The average molecular weight is 276 g/mol. The van der Waals surface area contributed by atoms with Gasteiger partial charge in [0.1, 0.15) is 11.9 Å². The van der Waals surface area contributed by atoms with Crippen LogP contribution in [0, 0.1) is 0 Å². The molecule has 0 radical (unpaired) electrons. The van der Waals surface area contributed by atoms with Crippen LogP contribution in [0.2, 0.25) is 0 Å². The summed E-state index contributed by atoms with van der Waals surface area (Å²) in [5.74, 6) is 2.35. The molecule has 2 heterocycles. The number of anilines is 1. The van der Waals surface area contributed by atoms with Crippen molar-refractivity contribution in [2.45, 2.75) is 37.7 Å². The Morgan fingerprint density at radius 1 is 1.30 bits per heavy atom. The largest absolute Gasteiger partial charge is 0.373 e. The van der Waals surface area contributed by atoms with Crippen LogP contribution in [0.3, 0.4) is 0 Å². The highest BCUT2D eigenvalue weighted by Crippen LogP contribution is 2.34. The van der Waals surface area contributed by atoms with Crippen molar-refractivity contribution in [1.29, 1.82) is 0 Å². The third-order valence-corrected chi connectivity index (χ3v) is 4.35. The number of nitrogens with one attached hydrogen (secondary N) is 1. The summed E-state index contributed by atoms with van der Waals surface area (Å²) in [4.78, 5) is 11.7. The maximum atomic E-state index is 5.86. The van der Waals surface area contributed by atoms with E-state index in [2.05, 4.69) is 28.3 Å². The summed E-state index contributed by atoms with van der Waals surface area (Å²) in [6.07, 6.45) is 5.15. The Kier molecular flexibility index (Phi) is 4.17. The number of hydrogen-bond acceptors (Lipinski definition) is 5. The lowest BCUT2D eigenvalue weighted by molar-refractivity contribution is -0.0255. The standard InChI is InChI=1S/C15H24N4O/c1-16-14-9-12(11-5-3-4-6-11)17-15(18-14)13-10-19(2)7-8-20-13/h9,11,13H,3-8,10H2,1-2H3,(H,16,17,18). The first-order valence-electron chi connectivity index (χ1n) is 7.63. The second kappa shape index (κ2) is 6.06. The zero-order chi connectivity index (χ0) is 13.9. The molecule has 2 fully saturated rings. The first-order chi connectivity index (χ1) is 9.76. The molecule has 0 bridgehead atoms. The first-order valence-corrected chi connectivity index (χ1v) is 7.63. The molecule has 1 saturated carbocycles. The van der Waals surface area contributed by atoms with E-state index in [9.17, 15) is 0 Å². The van der Waals surface area contributed by atoms with E-state index in [4.69, 9.17) is 9.72 Å². The van der Waals surface area contributed by atoms with Gasteiger partial charge in [-0.3, -0.25) is 0 Å². The number of rotatable bonds is 3. The van der Waals surface area contributed by atoms with E-state index in [1.54, 1.807) is 0 Å². The molecule has 2 aliphatic rings. The van der Waals surface area contributed by atoms with Gasteiger partial charge < -0.3 is 15.0 Å². The molecular formula is C15H24N4O. The fraction of sp³-hybridized carbons (Fsp3) is 0.733. The minimum absolute atomic E-state index is 0.00204. The van der Waals surface area contributed by atoms with Crippen molar-refractivity contribution >= 4 is 5.82 Å². The Morgan fingerprint density at radius 3 is 2.80 bits per heavy atom. The third kappa shape index (κ3) is 2.94. The second-order valence-corrected chi connectivity index (χ2v) is 5.89. The van der Waals surface area contributed by atoms with Crippen LogP contribution in [0.4, 0.5) is 5.82 Å². The van der Waals surface area contributed by atoms with Gasteiger partial charge in [0.2, 0.25) is 0 Å². The molecule has 1 aliphatic carbocycles. The highest BCUT2D eigenvalue weighted by atomic mass is 16.5. The zero-order valence-corrected chi connectivity index (χ0v) is 12.4. The highest BCUT2D eigenvalue weighted by molar-refractivity contribution is 5.37. The van der Waals surface area contributed by atoms with E-state index in [-0.39, 0.29) is 6.10 Å². The Labute approximate surface area is 120 Å². The maximum Gasteiger partial charge on any atom is 0.161 e. The Bertz CT molecular complexity index is 459. The van der Waals surface area contributed by atoms with E-state index in [0.717, 1.165) is 31.3 Å². The van der Waals surface area contributed by atoms with Crippen LogP contribution in [0.1, 0.15) is 49.2 Å². The van der Waals surface area contributed by atoms with Gasteiger partial charge in [-0.05, 0) is 19.9 Å². The van der Waals surface area contributed by atoms with E-state index >= 15 is 0 Å². The molecule has 1 aliphatic heterocycles. The smallest absolute Gasteiger partial charge is 0.161 e. The SMILES string of the molecule is CNc1cc(C2CCCC2)nc(C2CN(C)CCO2)n1. The minimum Gasteiger partial charge on any atom is -0.373 e. The molecular weight excluding hydrogens is 252 g/mol. The average Bonchev–Trinajstić information content (AvgIpc) is 3.01. The van der Waals surface area contributed by atoms with Crippen LogP contribution < -0.4 is 5.32 Å². The van der Waals surface area contributed by atoms with E-state index < -0.39 is 0 Å². The molecule has 0 amide bonds. The predicted molar refractivity (Wildman–Crippen MR) is 79.0 cm³/mol. The lowest BCUT2D eigenvalue weighted by atomic mass is 10.0. The summed E-state index contributed by atoms with van der Waals surface area (Å²) in [6, 6.07) is 2.10. The number of likely N-dealkylation sites (N-methyl/N-ethyl adjacent to an activating group) is 1. The molecule has 0 aromatic carbocycles. The summed E-state index contributed by atoms with van der Waals surface area (Å²) in [5, 5.41) is 3.16. The number of morpholine rings is 1. The molecule has 1 aromatic heterocycles. The second-order valence-electron chi connectivity index (χ2n) is 5.89.